The smallest absolute Gasteiger partial charge is 0.276 e. The number of hydrogen-bond donors (Lipinski definition) is 0. The number of amides is 1. The molecule has 1 unspecified atom stereocenters. The minimum atomic E-state index is -0.265. The lowest BCUT2D eigenvalue weighted by molar-refractivity contribution is 0.0607. The summed E-state index contributed by atoms with van der Waals surface area (Å²) in [7, 11) is 0. The number of piperidine rings is 1. The van der Waals surface area contributed by atoms with Gasteiger partial charge in [-0.05, 0) is 49.4 Å². The molecule has 0 bridgehead atoms. The van der Waals surface area contributed by atoms with Gasteiger partial charge in [-0.1, -0.05) is 24.1 Å². The Balaban J connectivity index is 1.45. The van der Waals surface area contributed by atoms with E-state index in [1.807, 2.05) is 23.1 Å². The Bertz CT molecular complexity index is 987. The van der Waals surface area contributed by atoms with Crippen LogP contribution < -0.4 is 0 Å². The first-order chi connectivity index (χ1) is 14.2. The highest BCUT2D eigenvalue weighted by molar-refractivity contribution is 5.94. The highest BCUT2D eigenvalue weighted by Crippen LogP contribution is 2.46. The first kappa shape index (κ1) is 18.0. The predicted octanol–water partition coefficient (Wildman–Crippen LogP) is 3.50. The average Bonchev–Trinajstić information content (AvgIpc) is 3.44. The molecule has 1 aliphatic carbocycles. The van der Waals surface area contributed by atoms with Gasteiger partial charge in [0.25, 0.3) is 11.8 Å². The van der Waals surface area contributed by atoms with Crippen molar-refractivity contribution in [3.8, 4) is 11.6 Å². The Morgan fingerprint density at radius 1 is 1.17 bits per heavy atom. The quantitative estimate of drug-likeness (QED) is 0.664. The zero-order valence-electron chi connectivity index (χ0n) is 16.2. The van der Waals surface area contributed by atoms with E-state index < -0.39 is 0 Å². The van der Waals surface area contributed by atoms with E-state index in [9.17, 15) is 4.79 Å². The second-order valence-electron chi connectivity index (χ2n) is 8.13. The maximum absolute atomic E-state index is 13.1. The van der Waals surface area contributed by atoms with E-state index in [4.69, 9.17) is 9.51 Å². The van der Waals surface area contributed by atoms with E-state index in [-0.39, 0.29) is 11.3 Å². The first-order valence-electron chi connectivity index (χ1n) is 10.2. The second-order valence-corrected chi connectivity index (χ2v) is 8.13. The summed E-state index contributed by atoms with van der Waals surface area (Å²) >= 11 is 0. The third-order valence-corrected chi connectivity index (χ3v) is 5.95. The third-order valence-electron chi connectivity index (χ3n) is 5.95. The zero-order chi connectivity index (χ0) is 19.7. The maximum Gasteiger partial charge on any atom is 0.276 e. The molecule has 1 atom stereocenters. The van der Waals surface area contributed by atoms with Gasteiger partial charge in [0.1, 0.15) is 5.69 Å². The van der Waals surface area contributed by atoms with E-state index in [1.54, 1.807) is 30.7 Å². The summed E-state index contributed by atoms with van der Waals surface area (Å²) in [6.07, 6.45) is 10.4. The fourth-order valence-electron chi connectivity index (χ4n) is 4.33. The molecule has 1 saturated heterocycles. The van der Waals surface area contributed by atoms with Crippen molar-refractivity contribution in [3.63, 3.8) is 0 Å². The monoisotopic (exact) mass is 389 g/mol. The van der Waals surface area contributed by atoms with Crippen LogP contribution in [0.5, 0.6) is 0 Å². The Morgan fingerprint density at radius 2 is 2.03 bits per heavy atom. The summed E-state index contributed by atoms with van der Waals surface area (Å²) in [4.78, 5) is 28.1. The first-order valence-corrected chi connectivity index (χ1v) is 10.2. The number of pyridine rings is 2. The highest BCUT2D eigenvalue weighted by Gasteiger charge is 2.46. The molecule has 7 nitrogen and oxygen atoms in total. The number of aromatic nitrogens is 4. The van der Waals surface area contributed by atoms with Gasteiger partial charge in [0.2, 0.25) is 0 Å². The molecule has 148 valence electrons. The molecule has 29 heavy (non-hydrogen) atoms. The predicted molar refractivity (Wildman–Crippen MR) is 106 cm³/mol. The molecular formula is C22H23N5O2. The van der Waals surface area contributed by atoms with E-state index in [0.717, 1.165) is 25.8 Å². The molecule has 3 aromatic rings. The minimum absolute atomic E-state index is 0.0423. The molecule has 3 aromatic heterocycles. The molecule has 0 radical (unpaired) electrons. The van der Waals surface area contributed by atoms with Gasteiger partial charge >= 0.3 is 0 Å². The largest absolute Gasteiger partial charge is 0.338 e. The second kappa shape index (κ2) is 7.39. The lowest BCUT2D eigenvalue weighted by Gasteiger charge is -2.41. The Labute approximate surface area is 169 Å². The maximum atomic E-state index is 13.1. The summed E-state index contributed by atoms with van der Waals surface area (Å²) in [6, 6.07) is 9.17. The standard InChI is InChI=1S/C22H23N5O2/c28-20(17-7-11-23-12-8-17)27-13-3-9-22(15-27,14-16-5-6-16)21-25-19(29-26-21)18-4-1-2-10-24-18/h1-2,4,7-8,10-12,16H,3,5-6,9,13-15H2. The van der Waals surface area contributed by atoms with Gasteiger partial charge in [-0.3, -0.25) is 14.8 Å². The molecule has 1 aliphatic heterocycles. The van der Waals surface area contributed by atoms with Crippen LogP contribution in [0, 0.1) is 5.92 Å². The summed E-state index contributed by atoms with van der Waals surface area (Å²) in [5.41, 5.74) is 1.08. The topological polar surface area (TPSA) is 85.0 Å². The molecule has 7 heteroatoms. The number of nitrogens with zero attached hydrogens (tertiary/aromatic N) is 5. The van der Waals surface area contributed by atoms with Gasteiger partial charge in [-0.2, -0.15) is 4.98 Å². The van der Waals surface area contributed by atoms with Crippen molar-refractivity contribution >= 4 is 5.91 Å². The van der Waals surface area contributed by atoms with Gasteiger partial charge < -0.3 is 9.42 Å². The van der Waals surface area contributed by atoms with Crippen LogP contribution in [0.25, 0.3) is 11.6 Å². The van der Waals surface area contributed by atoms with Crippen molar-refractivity contribution < 1.29 is 9.32 Å². The van der Waals surface area contributed by atoms with Crippen LogP contribution >= 0.6 is 0 Å². The average molecular weight is 389 g/mol. The fourth-order valence-corrected chi connectivity index (χ4v) is 4.33. The van der Waals surface area contributed by atoms with Gasteiger partial charge in [0, 0.05) is 37.2 Å². The summed E-state index contributed by atoms with van der Waals surface area (Å²) in [5, 5.41) is 4.36. The van der Waals surface area contributed by atoms with E-state index >= 15 is 0 Å². The van der Waals surface area contributed by atoms with Gasteiger partial charge in [-0.15, -0.1) is 0 Å². The fraction of sp³-hybridized carbons (Fsp3) is 0.409. The molecule has 2 aliphatic rings. The van der Waals surface area contributed by atoms with Gasteiger partial charge in [-0.25, -0.2) is 0 Å². The van der Waals surface area contributed by atoms with Crippen LogP contribution in [-0.4, -0.2) is 44.0 Å². The molecule has 1 amide bonds. The van der Waals surface area contributed by atoms with Crippen LogP contribution in [0.2, 0.25) is 0 Å². The Morgan fingerprint density at radius 3 is 2.79 bits per heavy atom. The normalized spacial score (nSPS) is 21.9. The van der Waals surface area contributed by atoms with E-state index in [0.29, 0.717) is 35.4 Å². The van der Waals surface area contributed by atoms with E-state index in [1.165, 1.54) is 12.8 Å². The summed E-state index contributed by atoms with van der Waals surface area (Å²) in [5.74, 6) is 1.87. The van der Waals surface area contributed by atoms with Crippen molar-refractivity contribution in [2.24, 2.45) is 5.92 Å². The zero-order valence-corrected chi connectivity index (χ0v) is 16.2. The molecule has 4 heterocycles. The van der Waals surface area contributed by atoms with Crippen LogP contribution in [-0.2, 0) is 5.41 Å². The Kier molecular flexibility index (Phi) is 4.58. The van der Waals surface area contributed by atoms with E-state index in [2.05, 4.69) is 15.1 Å². The van der Waals surface area contributed by atoms with Crippen molar-refractivity contribution in [3.05, 3.63) is 60.3 Å². The van der Waals surface area contributed by atoms with Crippen molar-refractivity contribution in [2.75, 3.05) is 13.1 Å². The minimum Gasteiger partial charge on any atom is -0.338 e. The molecule has 0 N–H and O–H groups in total. The summed E-state index contributed by atoms with van der Waals surface area (Å²) in [6.45, 7) is 1.37. The third kappa shape index (κ3) is 3.64. The highest BCUT2D eigenvalue weighted by atomic mass is 16.5. The number of rotatable bonds is 5. The molecule has 1 saturated carbocycles. The summed E-state index contributed by atoms with van der Waals surface area (Å²) < 4.78 is 5.58. The number of hydrogen-bond acceptors (Lipinski definition) is 6. The van der Waals surface area contributed by atoms with Gasteiger partial charge in [0.15, 0.2) is 5.82 Å². The van der Waals surface area contributed by atoms with Crippen LogP contribution in [0.4, 0.5) is 0 Å². The molecule has 0 aromatic carbocycles. The molecule has 2 fully saturated rings. The molecular weight excluding hydrogens is 366 g/mol. The lowest BCUT2D eigenvalue weighted by atomic mass is 9.74. The van der Waals surface area contributed by atoms with Gasteiger partial charge in [0.05, 0.1) is 5.41 Å². The van der Waals surface area contributed by atoms with Crippen molar-refractivity contribution in [1.82, 2.24) is 25.0 Å². The number of carbonyl (C=O) groups excluding carboxylic acids is 1. The lowest BCUT2D eigenvalue weighted by Crippen LogP contribution is -2.49. The van der Waals surface area contributed by atoms with Crippen LogP contribution in [0.15, 0.2) is 53.4 Å². The molecule has 5 rings (SSSR count). The van der Waals surface area contributed by atoms with Crippen molar-refractivity contribution in [1.29, 1.82) is 0 Å². The SMILES string of the molecule is O=C(c1ccncc1)N1CCCC(CC2CC2)(c2noc(-c3ccccn3)n2)C1. The molecule has 0 spiro atoms. The number of likely N-dealkylation sites (tertiary alicyclic amines) is 1. The Hall–Kier alpha value is -3.09. The van der Waals surface area contributed by atoms with Crippen LogP contribution in [0.3, 0.4) is 0 Å². The van der Waals surface area contributed by atoms with Crippen LogP contribution in [0.1, 0.15) is 48.3 Å². The number of carbonyl (C=O) groups is 1. The van der Waals surface area contributed by atoms with Crippen molar-refractivity contribution in [2.45, 2.75) is 37.5 Å².